The Labute approximate surface area is 462 Å². The molecule has 0 amide bonds. The van der Waals surface area contributed by atoms with Gasteiger partial charge in [0.2, 0.25) is 0 Å². The van der Waals surface area contributed by atoms with Crippen LogP contribution in [0.4, 0.5) is 0 Å². The fourth-order valence-electron chi connectivity index (χ4n) is 10.1. The van der Waals surface area contributed by atoms with Gasteiger partial charge in [-0.3, -0.25) is 14.4 Å². The minimum atomic E-state index is -0.776. The molecule has 436 valence electrons. The van der Waals surface area contributed by atoms with Crippen LogP contribution in [0.2, 0.25) is 0 Å². The summed E-state index contributed by atoms with van der Waals surface area (Å²) >= 11 is 0. The second-order valence-corrected chi connectivity index (χ2v) is 22.7. The van der Waals surface area contributed by atoms with E-state index in [0.717, 1.165) is 70.6 Å². The molecule has 0 aromatic heterocycles. The standard InChI is InChI=1S/C68H128O6/c1-4-7-10-13-16-19-22-25-28-30-31-32-33-34-35-36-37-38-41-43-46-49-52-55-58-61-67(70)73-64-65(63-72-66(69)60-57-54-51-48-45-42-39-27-24-21-18-15-12-9-6-3)74-68(71)62-59-56-53-50-47-44-40-29-26-23-20-17-14-11-8-5-2/h27,29,39-40,65H,4-26,28,30-38,41-64H2,1-3H3/b39-27-,40-29-. The van der Waals surface area contributed by atoms with Crippen molar-refractivity contribution in [1.82, 2.24) is 0 Å². The molecule has 1 atom stereocenters. The number of hydrogen-bond acceptors (Lipinski definition) is 6. The SMILES string of the molecule is CCCCCCCC/C=C\CCCCCCCC(=O)OCC(COC(=O)CCCCCCCCCCCCCCCCCCCCCCCCCCC)OC(=O)CCCCCCC/C=C\CCCCCCCCC. The highest BCUT2D eigenvalue weighted by molar-refractivity contribution is 5.71. The van der Waals surface area contributed by atoms with Crippen LogP contribution in [0.25, 0.3) is 0 Å². The van der Waals surface area contributed by atoms with Gasteiger partial charge in [0, 0.05) is 19.3 Å². The van der Waals surface area contributed by atoms with Crippen molar-refractivity contribution < 1.29 is 28.6 Å². The average Bonchev–Trinajstić information content (AvgIpc) is 3.40. The molecule has 0 rings (SSSR count). The lowest BCUT2D eigenvalue weighted by atomic mass is 10.0. The molecule has 0 aliphatic carbocycles. The van der Waals surface area contributed by atoms with Crippen molar-refractivity contribution in [3.05, 3.63) is 24.3 Å². The third kappa shape index (κ3) is 60.8. The van der Waals surface area contributed by atoms with Gasteiger partial charge < -0.3 is 14.2 Å². The van der Waals surface area contributed by atoms with E-state index in [1.165, 1.54) is 263 Å². The van der Waals surface area contributed by atoms with Crippen LogP contribution in [0.15, 0.2) is 24.3 Å². The van der Waals surface area contributed by atoms with Gasteiger partial charge >= 0.3 is 17.9 Å². The molecular formula is C68H128O6. The number of ether oxygens (including phenoxy) is 3. The number of unbranched alkanes of at least 4 members (excludes halogenated alkanes) is 47. The maximum absolute atomic E-state index is 12.9. The minimum absolute atomic E-state index is 0.0722. The van der Waals surface area contributed by atoms with Crippen molar-refractivity contribution >= 4 is 17.9 Å². The van der Waals surface area contributed by atoms with E-state index in [1.807, 2.05) is 0 Å². The zero-order valence-corrected chi connectivity index (χ0v) is 50.1. The summed E-state index contributed by atoms with van der Waals surface area (Å²) in [6.07, 6.45) is 76.3. The third-order valence-corrected chi connectivity index (χ3v) is 15.2. The number of allylic oxidation sites excluding steroid dienone is 4. The molecule has 74 heavy (non-hydrogen) atoms. The van der Waals surface area contributed by atoms with Gasteiger partial charge in [0.25, 0.3) is 0 Å². The molecule has 0 fully saturated rings. The fourth-order valence-corrected chi connectivity index (χ4v) is 10.1. The highest BCUT2D eigenvalue weighted by atomic mass is 16.6. The highest BCUT2D eigenvalue weighted by Crippen LogP contribution is 2.18. The van der Waals surface area contributed by atoms with E-state index in [-0.39, 0.29) is 31.1 Å². The smallest absolute Gasteiger partial charge is 0.306 e. The van der Waals surface area contributed by atoms with Crippen molar-refractivity contribution in [3.63, 3.8) is 0 Å². The maximum atomic E-state index is 12.9. The molecule has 0 heterocycles. The molecule has 0 aliphatic rings. The summed E-state index contributed by atoms with van der Waals surface area (Å²) in [7, 11) is 0. The largest absolute Gasteiger partial charge is 0.462 e. The molecule has 0 aliphatic heterocycles. The quantitative estimate of drug-likeness (QED) is 0.0261. The van der Waals surface area contributed by atoms with Crippen LogP contribution in [0.5, 0.6) is 0 Å². The molecular weight excluding hydrogens is 913 g/mol. The number of hydrogen-bond donors (Lipinski definition) is 0. The number of rotatable bonds is 62. The molecule has 1 unspecified atom stereocenters. The Balaban J connectivity index is 4.24. The molecule has 0 aromatic rings. The van der Waals surface area contributed by atoms with E-state index in [2.05, 4.69) is 45.1 Å². The van der Waals surface area contributed by atoms with Gasteiger partial charge in [0.05, 0.1) is 0 Å². The van der Waals surface area contributed by atoms with Gasteiger partial charge in [-0.2, -0.15) is 0 Å². The second kappa shape index (κ2) is 63.4. The Kier molecular flexibility index (Phi) is 61.6. The lowest BCUT2D eigenvalue weighted by molar-refractivity contribution is -0.167. The van der Waals surface area contributed by atoms with Crippen molar-refractivity contribution in [2.45, 2.75) is 380 Å². The Morgan fingerprint density at radius 1 is 0.257 bits per heavy atom. The molecule has 0 N–H and O–H groups in total. The zero-order valence-electron chi connectivity index (χ0n) is 50.1. The molecule has 6 heteroatoms. The molecule has 0 saturated carbocycles. The lowest BCUT2D eigenvalue weighted by Crippen LogP contribution is -2.30. The summed E-state index contributed by atoms with van der Waals surface area (Å²) in [4.78, 5) is 38.3. The summed E-state index contributed by atoms with van der Waals surface area (Å²) in [5.41, 5.74) is 0. The summed E-state index contributed by atoms with van der Waals surface area (Å²) in [6.45, 7) is 6.69. The summed E-state index contributed by atoms with van der Waals surface area (Å²) in [6, 6.07) is 0. The number of carbonyl (C=O) groups is 3. The van der Waals surface area contributed by atoms with Crippen molar-refractivity contribution in [2.75, 3.05) is 13.2 Å². The van der Waals surface area contributed by atoms with Crippen molar-refractivity contribution in [1.29, 1.82) is 0 Å². The Hall–Kier alpha value is -2.11. The first-order valence-corrected chi connectivity index (χ1v) is 33.3. The van der Waals surface area contributed by atoms with Crippen LogP contribution < -0.4 is 0 Å². The number of esters is 3. The van der Waals surface area contributed by atoms with Crippen LogP contribution in [0.1, 0.15) is 374 Å². The van der Waals surface area contributed by atoms with Gasteiger partial charge in [-0.1, -0.05) is 308 Å². The topological polar surface area (TPSA) is 78.9 Å². The van der Waals surface area contributed by atoms with Crippen molar-refractivity contribution in [3.8, 4) is 0 Å². The predicted octanol–water partition coefficient (Wildman–Crippen LogP) is 22.6. The zero-order chi connectivity index (χ0) is 53.6. The van der Waals surface area contributed by atoms with E-state index >= 15 is 0 Å². The summed E-state index contributed by atoms with van der Waals surface area (Å²) < 4.78 is 16.9. The van der Waals surface area contributed by atoms with Crippen LogP contribution in [-0.2, 0) is 28.6 Å². The summed E-state index contributed by atoms with van der Waals surface area (Å²) in [5, 5.41) is 0. The Morgan fingerprint density at radius 2 is 0.446 bits per heavy atom. The van der Waals surface area contributed by atoms with Gasteiger partial charge in [0.15, 0.2) is 6.10 Å². The van der Waals surface area contributed by atoms with Crippen LogP contribution in [0, 0.1) is 0 Å². The molecule has 0 bridgehead atoms. The number of carbonyl (C=O) groups excluding carboxylic acids is 3. The monoisotopic (exact) mass is 1040 g/mol. The van der Waals surface area contributed by atoms with Gasteiger partial charge in [-0.25, -0.2) is 0 Å². The molecule has 6 nitrogen and oxygen atoms in total. The Morgan fingerprint density at radius 3 is 0.676 bits per heavy atom. The first-order valence-electron chi connectivity index (χ1n) is 33.3. The lowest BCUT2D eigenvalue weighted by Gasteiger charge is -2.18. The van der Waals surface area contributed by atoms with E-state index in [9.17, 15) is 14.4 Å². The van der Waals surface area contributed by atoms with E-state index < -0.39 is 6.10 Å². The van der Waals surface area contributed by atoms with E-state index in [0.29, 0.717) is 19.3 Å². The van der Waals surface area contributed by atoms with E-state index in [1.54, 1.807) is 0 Å². The predicted molar refractivity (Wildman–Crippen MR) is 321 cm³/mol. The minimum Gasteiger partial charge on any atom is -0.462 e. The fraction of sp³-hybridized carbons (Fsp3) is 0.897. The second-order valence-electron chi connectivity index (χ2n) is 22.7. The average molecular weight is 1040 g/mol. The molecule has 0 radical (unpaired) electrons. The summed E-state index contributed by atoms with van der Waals surface area (Å²) in [5.74, 6) is -0.863. The van der Waals surface area contributed by atoms with Gasteiger partial charge in [0.1, 0.15) is 13.2 Å². The normalized spacial score (nSPS) is 12.1. The first-order chi connectivity index (χ1) is 36.5. The highest BCUT2D eigenvalue weighted by Gasteiger charge is 2.19. The first kappa shape index (κ1) is 71.9. The van der Waals surface area contributed by atoms with Crippen molar-refractivity contribution in [2.24, 2.45) is 0 Å². The molecule has 0 aromatic carbocycles. The van der Waals surface area contributed by atoms with Crippen LogP contribution in [-0.4, -0.2) is 37.2 Å². The van der Waals surface area contributed by atoms with Crippen LogP contribution in [0.3, 0.4) is 0 Å². The van der Waals surface area contributed by atoms with Gasteiger partial charge in [-0.05, 0) is 70.6 Å². The molecule has 0 spiro atoms. The molecule has 0 saturated heterocycles. The van der Waals surface area contributed by atoms with Gasteiger partial charge in [-0.15, -0.1) is 0 Å². The maximum Gasteiger partial charge on any atom is 0.306 e. The van der Waals surface area contributed by atoms with E-state index in [4.69, 9.17) is 14.2 Å². The van der Waals surface area contributed by atoms with Crippen LogP contribution >= 0.6 is 0 Å². The third-order valence-electron chi connectivity index (χ3n) is 15.2. The Bertz CT molecular complexity index is 1190.